The SMILES string of the molecule is CSc1cc(NCC2CC2)ncn1. The van der Waals surface area contributed by atoms with E-state index in [9.17, 15) is 0 Å². The van der Waals surface area contributed by atoms with Crippen LogP contribution in [0.15, 0.2) is 17.4 Å². The number of thioether (sulfide) groups is 1. The topological polar surface area (TPSA) is 37.8 Å². The highest BCUT2D eigenvalue weighted by molar-refractivity contribution is 7.98. The zero-order valence-corrected chi connectivity index (χ0v) is 8.47. The van der Waals surface area contributed by atoms with E-state index in [-0.39, 0.29) is 0 Å². The maximum atomic E-state index is 4.15. The molecule has 1 heterocycles. The molecule has 1 aliphatic carbocycles. The summed E-state index contributed by atoms with van der Waals surface area (Å²) in [6.07, 6.45) is 6.37. The van der Waals surface area contributed by atoms with Crippen molar-refractivity contribution in [3.8, 4) is 0 Å². The molecule has 0 radical (unpaired) electrons. The molecule has 3 nitrogen and oxygen atoms in total. The number of nitrogens with one attached hydrogen (secondary N) is 1. The number of aromatic nitrogens is 2. The molecule has 1 aromatic heterocycles. The Balaban J connectivity index is 1.93. The summed E-state index contributed by atoms with van der Waals surface area (Å²) in [6.45, 7) is 1.06. The highest BCUT2D eigenvalue weighted by Crippen LogP contribution is 2.28. The first-order valence-corrected chi connectivity index (χ1v) is 5.71. The van der Waals surface area contributed by atoms with Crippen molar-refractivity contribution in [1.29, 1.82) is 0 Å². The van der Waals surface area contributed by atoms with Crippen LogP contribution in [0.3, 0.4) is 0 Å². The molecule has 0 aliphatic heterocycles. The van der Waals surface area contributed by atoms with Crippen molar-refractivity contribution in [1.82, 2.24) is 9.97 Å². The van der Waals surface area contributed by atoms with Gasteiger partial charge in [0.05, 0.1) is 0 Å². The molecule has 0 atom stereocenters. The number of rotatable bonds is 4. The van der Waals surface area contributed by atoms with E-state index in [0.717, 1.165) is 23.3 Å². The van der Waals surface area contributed by atoms with Gasteiger partial charge in [-0.15, -0.1) is 11.8 Å². The molecular formula is C9H13N3S. The van der Waals surface area contributed by atoms with Gasteiger partial charge < -0.3 is 5.32 Å². The van der Waals surface area contributed by atoms with Gasteiger partial charge in [-0.05, 0) is 25.0 Å². The molecule has 0 amide bonds. The number of hydrogen-bond donors (Lipinski definition) is 1. The lowest BCUT2D eigenvalue weighted by Gasteiger charge is -2.04. The Morgan fingerprint density at radius 1 is 1.54 bits per heavy atom. The lowest BCUT2D eigenvalue weighted by Crippen LogP contribution is -2.04. The molecule has 1 saturated carbocycles. The van der Waals surface area contributed by atoms with Crippen LogP contribution in [0.5, 0.6) is 0 Å². The van der Waals surface area contributed by atoms with E-state index >= 15 is 0 Å². The maximum absolute atomic E-state index is 4.15. The number of hydrogen-bond acceptors (Lipinski definition) is 4. The molecule has 1 aromatic rings. The molecule has 0 aromatic carbocycles. The van der Waals surface area contributed by atoms with E-state index < -0.39 is 0 Å². The molecule has 70 valence electrons. The summed E-state index contributed by atoms with van der Waals surface area (Å²) in [5.74, 6) is 1.83. The van der Waals surface area contributed by atoms with Gasteiger partial charge in [-0.3, -0.25) is 0 Å². The average molecular weight is 195 g/mol. The van der Waals surface area contributed by atoms with Crippen molar-refractivity contribution < 1.29 is 0 Å². The molecule has 2 rings (SSSR count). The fraction of sp³-hybridized carbons (Fsp3) is 0.556. The second kappa shape index (κ2) is 3.96. The van der Waals surface area contributed by atoms with E-state index in [1.165, 1.54) is 12.8 Å². The average Bonchev–Trinajstić information content (AvgIpc) is 2.99. The first-order chi connectivity index (χ1) is 6.38. The maximum Gasteiger partial charge on any atom is 0.130 e. The smallest absolute Gasteiger partial charge is 0.130 e. The van der Waals surface area contributed by atoms with Gasteiger partial charge in [0.15, 0.2) is 0 Å². The summed E-state index contributed by atoms with van der Waals surface area (Å²) >= 11 is 1.64. The molecule has 1 aliphatic rings. The molecule has 13 heavy (non-hydrogen) atoms. The first-order valence-electron chi connectivity index (χ1n) is 4.48. The lowest BCUT2D eigenvalue weighted by atomic mass is 10.4. The lowest BCUT2D eigenvalue weighted by molar-refractivity contribution is 0.877. The Labute approximate surface area is 82.4 Å². The van der Waals surface area contributed by atoms with Crippen LogP contribution in [0.25, 0.3) is 0 Å². The third-order valence-electron chi connectivity index (χ3n) is 2.12. The van der Waals surface area contributed by atoms with Crippen molar-refractivity contribution in [2.45, 2.75) is 17.9 Å². The minimum Gasteiger partial charge on any atom is -0.370 e. The van der Waals surface area contributed by atoms with Crippen molar-refractivity contribution in [2.24, 2.45) is 5.92 Å². The minimum atomic E-state index is 0.882. The molecule has 1 N–H and O–H groups in total. The van der Waals surface area contributed by atoms with E-state index in [4.69, 9.17) is 0 Å². The predicted molar refractivity (Wildman–Crippen MR) is 55.0 cm³/mol. The summed E-state index contributed by atoms with van der Waals surface area (Å²) in [4.78, 5) is 8.26. The van der Waals surface area contributed by atoms with Gasteiger partial charge in [0, 0.05) is 12.6 Å². The van der Waals surface area contributed by atoms with Gasteiger partial charge in [-0.2, -0.15) is 0 Å². The molecule has 0 unspecified atom stereocenters. The van der Waals surface area contributed by atoms with Crippen LogP contribution in [-0.4, -0.2) is 22.8 Å². The Kier molecular flexibility index (Phi) is 2.68. The zero-order chi connectivity index (χ0) is 9.10. The van der Waals surface area contributed by atoms with Crippen LogP contribution in [-0.2, 0) is 0 Å². The normalized spacial score (nSPS) is 15.8. The fourth-order valence-corrected chi connectivity index (χ4v) is 1.50. The van der Waals surface area contributed by atoms with Crippen LogP contribution in [0.4, 0.5) is 5.82 Å². The van der Waals surface area contributed by atoms with Crippen molar-refractivity contribution in [3.05, 3.63) is 12.4 Å². The summed E-state index contributed by atoms with van der Waals surface area (Å²) in [6, 6.07) is 1.99. The highest BCUT2D eigenvalue weighted by atomic mass is 32.2. The quantitative estimate of drug-likeness (QED) is 0.589. The predicted octanol–water partition coefficient (Wildman–Crippen LogP) is 2.02. The van der Waals surface area contributed by atoms with E-state index in [0.29, 0.717) is 0 Å². The molecule has 0 bridgehead atoms. The van der Waals surface area contributed by atoms with Crippen molar-refractivity contribution in [2.75, 3.05) is 18.1 Å². The van der Waals surface area contributed by atoms with Gasteiger partial charge in [0.2, 0.25) is 0 Å². The summed E-state index contributed by atoms with van der Waals surface area (Å²) < 4.78 is 0. The van der Waals surface area contributed by atoms with Crippen LogP contribution >= 0.6 is 11.8 Å². The summed E-state index contributed by atoms with van der Waals surface area (Å²) in [5, 5.41) is 4.34. The van der Waals surface area contributed by atoms with Crippen LogP contribution in [0.2, 0.25) is 0 Å². The summed E-state index contributed by atoms with van der Waals surface area (Å²) in [7, 11) is 0. The second-order valence-electron chi connectivity index (χ2n) is 3.27. The largest absolute Gasteiger partial charge is 0.370 e. The third kappa shape index (κ3) is 2.59. The van der Waals surface area contributed by atoms with E-state index in [1.807, 2.05) is 12.3 Å². The minimum absolute atomic E-state index is 0.882. The number of nitrogens with zero attached hydrogens (tertiary/aromatic N) is 2. The molecule has 4 heteroatoms. The van der Waals surface area contributed by atoms with E-state index in [2.05, 4.69) is 15.3 Å². The highest BCUT2D eigenvalue weighted by Gasteiger charge is 2.20. The first kappa shape index (κ1) is 8.81. The number of anilines is 1. The Hall–Kier alpha value is -0.770. The van der Waals surface area contributed by atoms with Crippen molar-refractivity contribution >= 4 is 17.6 Å². The summed E-state index contributed by atoms with van der Waals surface area (Å²) in [5.41, 5.74) is 0. The standard InChI is InChI=1S/C9H13N3S/c1-13-9-4-8(11-6-12-9)10-5-7-2-3-7/h4,6-7H,2-3,5H2,1H3,(H,10,11,12). The third-order valence-corrected chi connectivity index (χ3v) is 2.76. The molecular weight excluding hydrogens is 182 g/mol. The second-order valence-corrected chi connectivity index (χ2v) is 4.10. The Morgan fingerprint density at radius 3 is 3.08 bits per heavy atom. The zero-order valence-electron chi connectivity index (χ0n) is 7.66. The Bertz CT molecular complexity index is 286. The molecule has 0 spiro atoms. The molecule has 0 saturated heterocycles. The Morgan fingerprint density at radius 2 is 2.38 bits per heavy atom. The monoisotopic (exact) mass is 195 g/mol. The van der Waals surface area contributed by atoms with Crippen LogP contribution in [0.1, 0.15) is 12.8 Å². The van der Waals surface area contributed by atoms with Gasteiger partial charge in [-0.25, -0.2) is 9.97 Å². The fourth-order valence-electron chi connectivity index (χ4n) is 1.12. The van der Waals surface area contributed by atoms with Crippen LogP contribution in [0, 0.1) is 5.92 Å². The van der Waals surface area contributed by atoms with E-state index in [1.54, 1.807) is 18.1 Å². The van der Waals surface area contributed by atoms with Crippen LogP contribution < -0.4 is 5.32 Å². The van der Waals surface area contributed by atoms with Gasteiger partial charge in [0.1, 0.15) is 17.2 Å². The molecule has 1 fully saturated rings. The van der Waals surface area contributed by atoms with Gasteiger partial charge in [-0.1, -0.05) is 0 Å². The van der Waals surface area contributed by atoms with Crippen molar-refractivity contribution in [3.63, 3.8) is 0 Å². The van der Waals surface area contributed by atoms with Gasteiger partial charge in [0.25, 0.3) is 0 Å². The van der Waals surface area contributed by atoms with Gasteiger partial charge >= 0.3 is 0 Å².